The van der Waals surface area contributed by atoms with Crippen LogP contribution in [0.2, 0.25) is 0 Å². The first kappa shape index (κ1) is 8.76. The zero-order valence-electron chi connectivity index (χ0n) is 8.56. The number of hydrogen-bond donors (Lipinski definition) is 0. The van der Waals surface area contributed by atoms with Gasteiger partial charge in [-0.25, -0.2) is 0 Å². The summed E-state index contributed by atoms with van der Waals surface area (Å²) in [5, 5.41) is 2.95. The van der Waals surface area contributed by atoms with Crippen LogP contribution in [0, 0.1) is 27.7 Å². The molecule has 1 heterocycles. The van der Waals surface area contributed by atoms with E-state index in [4.69, 9.17) is 0 Å². The van der Waals surface area contributed by atoms with E-state index in [2.05, 4.69) is 39.8 Å². The molecule has 0 nitrogen and oxygen atoms in total. The first-order chi connectivity index (χ1) is 6.11. The maximum Gasteiger partial charge on any atom is 0.00984 e. The molecule has 1 aromatic heterocycles. The smallest absolute Gasteiger partial charge is 0.00984 e. The Kier molecular flexibility index (Phi) is 1.92. The summed E-state index contributed by atoms with van der Waals surface area (Å²) in [6, 6.07) is 4.44. The third-order valence-electron chi connectivity index (χ3n) is 2.63. The van der Waals surface area contributed by atoms with Gasteiger partial charge in [-0.1, -0.05) is 12.1 Å². The number of benzene rings is 1. The van der Waals surface area contributed by atoms with Gasteiger partial charge in [0.15, 0.2) is 0 Å². The summed E-state index contributed by atoms with van der Waals surface area (Å²) >= 11 is 1.91. The molecule has 2 aromatic rings. The maximum absolute atomic E-state index is 2.22. The minimum Gasteiger partial charge on any atom is -0.145 e. The van der Waals surface area contributed by atoms with Crippen LogP contribution in [-0.4, -0.2) is 0 Å². The molecular formula is C12H14S. The molecule has 2 rings (SSSR count). The molecule has 0 N–H and O–H groups in total. The highest BCUT2D eigenvalue weighted by Crippen LogP contribution is 2.34. The summed E-state index contributed by atoms with van der Waals surface area (Å²) in [5.74, 6) is 0. The number of thiophene rings is 1. The second kappa shape index (κ2) is 2.85. The summed E-state index contributed by atoms with van der Waals surface area (Å²) in [7, 11) is 0. The average molecular weight is 190 g/mol. The molecule has 13 heavy (non-hydrogen) atoms. The number of fused-ring (bicyclic) bond motifs is 1. The van der Waals surface area contributed by atoms with Gasteiger partial charge in [-0.05, 0) is 49.6 Å². The van der Waals surface area contributed by atoms with Crippen molar-refractivity contribution in [2.24, 2.45) is 0 Å². The quantitative estimate of drug-likeness (QED) is 0.586. The Hall–Kier alpha value is -0.820. The largest absolute Gasteiger partial charge is 0.145 e. The predicted molar refractivity (Wildman–Crippen MR) is 60.8 cm³/mol. The molecule has 0 saturated heterocycles. The lowest BCUT2D eigenvalue weighted by atomic mass is 10.0. The van der Waals surface area contributed by atoms with Crippen molar-refractivity contribution in [2.75, 3.05) is 0 Å². The van der Waals surface area contributed by atoms with Gasteiger partial charge < -0.3 is 0 Å². The Morgan fingerprint density at radius 2 is 1.15 bits per heavy atom. The molecule has 0 radical (unpaired) electrons. The van der Waals surface area contributed by atoms with Crippen LogP contribution < -0.4 is 0 Å². The Labute approximate surface area is 83.2 Å². The van der Waals surface area contributed by atoms with E-state index in [9.17, 15) is 0 Å². The monoisotopic (exact) mass is 190 g/mol. The summed E-state index contributed by atoms with van der Waals surface area (Å²) in [6.45, 7) is 8.82. The fourth-order valence-corrected chi connectivity index (χ4v) is 3.24. The van der Waals surface area contributed by atoms with Crippen molar-refractivity contribution in [3.05, 3.63) is 33.0 Å². The third kappa shape index (κ3) is 1.19. The van der Waals surface area contributed by atoms with Crippen LogP contribution in [0.4, 0.5) is 0 Å². The van der Waals surface area contributed by atoms with E-state index in [0.717, 1.165) is 0 Å². The fourth-order valence-electron chi connectivity index (χ4n) is 2.05. The van der Waals surface area contributed by atoms with E-state index in [1.165, 1.54) is 31.7 Å². The molecule has 0 aliphatic heterocycles. The topological polar surface area (TPSA) is 0 Å². The highest BCUT2D eigenvalue weighted by Gasteiger charge is 2.08. The maximum atomic E-state index is 2.22. The zero-order valence-corrected chi connectivity index (χ0v) is 9.38. The minimum absolute atomic E-state index is 1.41. The highest BCUT2D eigenvalue weighted by molar-refractivity contribution is 7.13. The van der Waals surface area contributed by atoms with Crippen molar-refractivity contribution in [2.45, 2.75) is 27.7 Å². The normalized spacial score (nSPS) is 11.1. The van der Waals surface area contributed by atoms with E-state index in [0.29, 0.717) is 0 Å². The van der Waals surface area contributed by atoms with E-state index in [-0.39, 0.29) is 0 Å². The van der Waals surface area contributed by atoms with E-state index >= 15 is 0 Å². The van der Waals surface area contributed by atoms with Crippen LogP contribution in [0.1, 0.15) is 20.9 Å². The van der Waals surface area contributed by atoms with Crippen LogP contribution in [-0.2, 0) is 0 Å². The van der Waals surface area contributed by atoms with Gasteiger partial charge in [0.2, 0.25) is 0 Å². The van der Waals surface area contributed by atoms with Crippen LogP contribution >= 0.6 is 11.3 Å². The minimum atomic E-state index is 1.41. The molecule has 1 aromatic carbocycles. The standard InChI is InChI=1S/C12H14S/c1-7-5-6-8(2)12-10(4)13-9(3)11(7)12/h5-6H,1-4H3. The molecular weight excluding hydrogens is 176 g/mol. The number of hydrogen-bond acceptors (Lipinski definition) is 1. The van der Waals surface area contributed by atoms with Gasteiger partial charge in [0.25, 0.3) is 0 Å². The van der Waals surface area contributed by atoms with E-state index in [1.54, 1.807) is 0 Å². The summed E-state index contributed by atoms with van der Waals surface area (Å²) < 4.78 is 0. The van der Waals surface area contributed by atoms with Crippen molar-refractivity contribution in [3.8, 4) is 0 Å². The lowest BCUT2D eigenvalue weighted by molar-refractivity contribution is 1.45. The van der Waals surface area contributed by atoms with Gasteiger partial charge in [-0.2, -0.15) is 0 Å². The molecule has 1 heteroatoms. The van der Waals surface area contributed by atoms with Gasteiger partial charge in [0.05, 0.1) is 0 Å². The van der Waals surface area contributed by atoms with Crippen LogP contribution in [0.15, 0.2) is 12.1 Å². The molecule has 0 aliphatic rings. The average Bonchev–Trinajstić information content (AvgIpc) is 2.36. The van der Waals surface area contributed by atoms with Crippen molar-refractivity contribution in [1.29, 1.82) is 0 Å². The highest BCUT2D eigenvalue weighted by atomic mass is 32.1. The Balaban J connectivity index is 3.03. The molecule has 0 aliphatic carbocycles. The molecule has 0 atom stereocenters. The Bertz CT molecular complexity index is 421. The van der Waals surface area contributed by atoms with Crippen molar-refractivity contribution >= 4 is 22.1 Å². The molecule has 68 valence electrons. The Morgan fingerprint density at radius 3 is 1.54 bits per heavy atom. The molecule has 0 saturated carbocycles. The van der Waals surface area contributed by atoms with Crippen LogP contribution in [0.5, 0.6) is 0 Å². The Morgan fingerprint density at radius 1 is 0.769 bits per heavy atom. The van der Waals surface area contributed by atoms with E-state index in [1.807, 2.05) is 11.3 Å². The van der Waals surface area contributed by atoms with Gasteiger partial charge in [0.1, 0.15) is 0 Å². The lowest BCUT2D eigenvalue weighted by Gasteiger charge is -2.01. The first-order valence-electron chi connectivity index (χ1n) is 4.57. The molecule has 0 amide bonds. The molecule has 0 bridgehead atoms. The fraction of sp³-hybridized carbons (Fsp3) is 0.333. The SMILES string of the molecule is Cc1ccc(C)c2c(C)sc(C)c12. The van der Waals surface area contributed by atoms with Crippen molar-refractivity contribution in [1.82, 2.24) is 0 Å². The number of rotatable bonds is 0. The number of aryl methyl sites for hydroxylation is 4. The van der Waals surface area contributed by atoms with Crippen molar-refractivity contribution < 1.29 is 0 Å². The third-order valence-corrected chi connectivity index (χ3v) is 3.65. The van der Waals surface area contributed by atoms with Crippen molar-refractivity contribution in [3.63, 3.8) is 0 Å². The summed E-state index contributed by atoms with van der Waals surface area (Å²) in [5.41, 5.74) is 2.81. The van der Waals surface area contributed by atoms with Crippen LogP contribution in [0.3, 0.4) is 0 Å². The molecule has 0 unspecified atom stereocenters. The summed E-state index contributed by atoms with van der Waals surface area (Å²) in [4.78, 5) is 2.90. The van der Waals surface area contributed by atoms with Gasteiger partial charge in [-0.15, -0.1) is 11.3 Å². The van der Waals surface area contributed by atoms with E-state index < -0.39 is 0 Å². The zero-order chi connectivity index (χ0) is 9.59. The molecule has 0 fully saturated rings. The molecule has 0 spiro atoms. The summed E-state index contributed by atoms with van der Waals surface area (Å²) in [6.07, 6.45) is 0. The first-order valence-corrected chi connectivity index (χ1v) is 5.39. The van der Waals surface area contributed by atoms with Gasteiger partial charge in [0, 0.05) is 9.75 Å². The second-order valence-electron chi connectivity index (χ2n) is 3.66. The van der Waals surface area contributed by atoms with Gasteiger partial charge in [-0.3, -0.25) is 0 Å². The predicted octanol–water partition coefficient (Wildman–Crippen LogP) is 4.13. The second-order valence-corrected chi connectivity index (χ2v) is 5.09. The van der Waals surface area contributed by atoms with Gasteiger partial charge >= 0.3 is 0 Å². The van der Waals surface area contributed by atoms with Crippen LogP contribution in [0.25, 0.3) is 10.8 Å². The lowest BCUT2D eigenvalue weighted by Crippen LogP contribution is -1.80.